The molecular formula is C21H18ClF3N4O3. The number of ether oxygens (including phenoxy) is 1. The van der Waals surface area contributed by atoms with Crippen molar-refractivity contribution < 1.29 is 27.1 Å². The van der Waals surface area contributed by atoms with Gasteiger partial charge in [-0.2, -0.15) is 13.2 Å². The van der Waals surface area contributed by atoms with E-state index in [4.69, 9.17) is 20.8 Å². The number of pyridine rings is 1. The number of amides is 1. The topological polar surface area (TPSA) is 63.2 Å². The maximum Gasteiger partial charge on any atom is 0.420 e. The molecule has 1 saturated heterocycles. The molecule has 0 saturated carbocycles. The molecule has 11 heteroatoms. The number of fused-ring (bicyclic) bond motifs is 1. The number of imidazole rings is 1. The lowest BCUT2D eigenvalue weighted by Crippen LogP contribution is -2.45. The summed E-state index contributed by atoms with van der Waals surface area (Å²) in [7, 11) is 0. The first-order valence-corrected chi connectivity index (χ1v) is 10.4. The van der Waals surface area contributed by atoms with Crippen LogP contribution in [0.3, 0.4) is 0 Å². The minimum atomic E-state index is -4.68. The minimum Gasteiger partial charge on any atom is -0.479 e. The number of halogens is 4. The average Bonchev–Trinajstić information content (AvgIpc) is 3.54. The zero-order chi connectivity index (χ0) is 22.5. The second-order valence-corrected chi connectivity index (χ2v) is 8.07. The van der Waals surface area contributed by atoms with Crippen LogP contribution in [0.2, 0.25) is 5.15 Å². The number of nitrogens with zero attached hydrogens (tertiary/aromatic N) is 4. The van der Waals surface area contributed by atoms with E-state index in [1.165, 1.54) is 18.7 Å². The smallest absolute Gasteiger partial charge is 0.420 e. The summed E-state index contributed by atoms with van der Waals surface area (Å²) >= 11 is 6.39. The van der Waals surface area contributed by atoms with Gasteiger partial charge in [-0.25, -0.2) is 4.98 Å². The molecule has 2 aliphatic heterocycles. The zero-order valence-corrected chi connectivity index (χ0v) is 17.4. The molecule has 1 amide bonds. The molecule has 3 aromatic heterocycles. The summed E-state index contributed by atoms with van der Waals surface area (Å²) in [6.07, 6.45) is 4.37. The second kappa shape index (κ2) is 7.77. The van der Waals surface area contributed by atoms with E-state index in [-0.39, 0.29) is 22.5 Å². The van der Waals surface area contributed by atoms with Crippen molar-refractivity contribution in [1.29, 1.82) is 0 Å². The predicted octanol–water partition coefficient (Wildman–Crippen LogP) is 4.63. The Bertz CT molecular complexity index is 1180. The normalized spacial score (nSPS) is 17.4. The number of piperidine rings is 1. The fraction of sp³-hybridized carbons (Fsp3) is 0.333. The largest absolute Gasteiger partial charge is 0.479 e. The summed E-state index contributed by atoms with van der Waals surface area (Å²) < 4.78 is 52.7. The molecule has 0 aromatic carbocycles. The Labute approximate surface area is 185 Å². The van der Waals surface area contributed by atoms with Gasteiger partial charge < -0.3 is 19.0 Å². The van der Waals surface area contributed by atoms with Gasteiger partial charge >= 0.3 is 6.18 Å². The number of alkyl halides is 3. The number of carbonyl (C=O) groups excluding carboxylic acids is 1. The van der Waals surface area contributed by atoms with Crippen molar-refractivity contribution >= 4 is 23.2 Å². The van der Waals surface area contributed by atoms with E-state index in [0.717, 1.165) is 10.5 Å². The molecule has 1 fully saturated rings. The Morgan fingerprint density at radius 2 is 2.00 bits per heavy atom. The van der Waals surface area contributed by atoms with Crippen LogP contribution in [0.1, 0.15) is 28.9 Å². The van der Waals surface area contributed by atoms with Crippen LogP contribution >= 0.6 is 11.6 Å². The van der Waals surface area contributed by atoms with Gasteiger partial charge in [0.05, 0.1) is 18.1 Å². The molecule has 2 aliphatic rings. The SMILES string of the molecule is O=C(c1nc2c(C(F)(F)F)cc(-c3ccoc3)cn2c1Cl)N1CCC(N2C=COC2)CC1. The van der Waals surface area contributed by atoms with Gasteiger partial charge in [0.2, 0.25) is 0 Å². The summed E-state index contributed by atoms with van der Waals surface area (Å²) in [5.74, 6) is -0.483. The van der Waals surface area contributed by atoms with E-state index in [1.54, 1.807) is 17.2 Å². The lowest BCUT2D eigenvalue weighted by molar-refractivity contribution is -0.136. The van der Waals surface area contributed by atoms with Crippen molar-refractivity contribution in [3.63, 3.8) is 0 Å². The molecule has 0 radical (unpaired) electrons. The first-order chi connectivity index (χ1) is 15.3. The molecule has 0 aliphatic carbocycles. The second-order valence-electron chi connectivity index (χ2n) is 7.72. The summed E-state index contributed by atoms with van der Waals surface area (Å²) in [6.45, 7) is 1.38. The number of furan rings is 1. The summed E-state index contributed by atoms with van der Waals surface area (Å²) in [6, 6.07) is 2.77. The molecule has 0 unspecified atom stereocenters. The van der Waals surface area contributed by atoms with E-state index >= 15 is 0 Å². The third-order valence-corrected chi connectivity index (χ3v) is 6.18. The Morgan fingerprint density at radius 3 is 2.62 bits per heavy atom. The Hall–Kier alpha value is -3.14. The zero-order valence-electron chi connectivity index (χ0n) is 16.7. The highest BCUT2D eigenvalue weighted by atomic mass is 35.5. The third-order valence-electron chi connectivity index (χ3n) is 5.82. The van der Waals surface area contributed by atoms with Crippen LogP contribution in [0.15, 0.2) is 47.7 Å². The number of aromatic nitrogens is 2. The van der Waals surface area contributed by atoms with Gasteiger partial charge in [0.15, 0.2) is 18.1 Å². The average molecular weight is 467 g/mol. The lowest BCUT2D eigenvalue weighted by Gasteiger charge is -2.35. The van der Waals surface area contributed by atoms with Gasteiger partial charge in [-0.15, -0.1) is 0 Å². The number of hydrogen-bond acceptors (Lipinski definition) is 5. The van der Waals surface area contributed by atoms with Crippen molar-refractivity contribution in [2.45, 2.75) is 25.1 Å². The van der Waals surface area contributed by atoms with Crippen LogP contribution in [0.5, 0.6) is 0 Å². The molecule has 32 heavy (non-hydrogen) atoms. The van der Waals surface area contributed by atoms with Crippen LogP contribution in [0, 0.1) is 0 Å². The van der Waals surface area contributed by atoms with E-state index in [2.05, 4.69) is 9.88 Å². The van der Waals surface area contributed by atoms with E-state index in [9.17, 15) is 18.0 Å². The number of hydrogen-bond donors (Lipinski definition) is 0. The maximum absolute atomic E-state index is 13.8. The maximum atomic E-state index is 13.8. The van der Waals surface area contributed by atoms with Crippen molar-refractivity contribution in [3.05, 3.63) is 59.7 Å². The van der Waals surface area contributed by atoms with Gasteiger partial charge in [-0.1, -0.05) is 11.6 Å². The van der Waals surface area contributed by atoms with Crippen LogP contribution in [-0.2, 0) is 10.9 Å². The lowest BCUT2D eigenvalue weighted by atomic mass is 10.0. The van der Waals surface area contributed by atoms with E-state index in [0.29, 0.717) is 38.2 Å². The summed E-state index contributed by atoms with van der Waals surface area (Å²) in [5, 5.41) is -0.154. The number of carbonyl (C=O) groups is 1. The molecule has 3 aromatic rings. The summed E-state index contributed by atoms with van der Waals surface area (Å²) in [4.78, 5) is 20.8. The molecule has 5 heterocycles. The highest BCUT2D eigenvalue weighted by molar-refractivity contribution is 6.33. The third kappa shape index (κ3) is 3.58. The van der Waals surface area contributed by atoms with Crippen LogP contribution in [-0.4, -0.2) is 51.0 Å². The highest BCUT2D eigenvalue weighted by Gasteiger charge is 2.37. The Morgan fingerprint density at radius 1 is 1.22 bits per heavy atom. The number of likely N-dealkylation sites (tertiary alicyclic amines) is 1. The quantitative estimate of drug-likeness (QED) is 0.563. The summed E-state index contributed by atoms with van der Waals surface area (Å²) in [5.41, 5.74) is -0.871. The monoisotopic (exact) mass is 466 g/mol. The van der Waals surface area contributed by atoms with Crippen LogP contribution in [0.25, 0.3) is 16.8 Å². The van der Waals surface area contributed by atoms with Crippen molar-refractivity contribution in [2.24, 2.45) is 0 Å². The number of rotatable bonds is 3. The van der Waals surface area contributed by atoms with Gasteiger partial charge in [0.1, 0.15) is 11.4 Å². The van der Waals surface area contributed by atoms with Crippen molar-refractivity contribution in [1.82, 2.24) is 19.2 Å². The van der Waals surface area contributed by atoms with Gasteiger partial charge in [0.25, 0.3) is 5.91 Å². The van der Waals surface area contributed by atoms with Crippen molar-refractivity contribution in [2.75, 3.05) is 19.8 Å². The Balaban J connectivity index is 1.47. The fourth-order valence-electron chi connectivity index (χ4n) is 4.12. The van der Waals surface area contributed by atoms with E-state index in [1.807, 2.05) is 6.20 Å². The van der Waals surface area contributed by atoms with E-state index < -0.39 is 23.3 Å². The molecule has 0 spiro atoms. The fourth-order valence-corrected chi connectivity index (χ4v) is 4.37. The molecule has 0 bridgehead atoms. The predicted molar refractivity (Wildman–Crippen MR) is 109 cm³/mol. The molecule has 168 valence electrons. The molecule has 0 N–H and O–H groups in total. The van der Waals surface area contributed by atoms with Crippen molar-refractivity contribution in [3.8, 4) is 11.1 Å². The standard InChI is InChI=1S/C21H18ClF3N4O3/c22-18-17(20(30)27-4-1-15(2-5-27)28-6-8-32-12-28)26-19-16(21(23,24)25)9-14(10-29(18)19)13-3-7-31-11-13/h3,6-11,15H,1-2,4-5,12H2. The first kappa shape index (κ1) is 20.7. The van der Waals surface area contributed by atoms with Gasteiger partial charge in [0, 0.05) is 42.7 Å². The first-order valence-electron chi connectivity index (χ1n) is 9.97. The Kier molecular flexibility index (Phi) is 5.04. The molecule has 0 atom stereocenters. The molecule has 7 nitrogen and oxygen atoms in total. The highest BCUT2D eigenvalue weighted by Crippen LogP contribution is 2.37. The van der Waals surface area contributed by atoms with Gasteiger partial charge in [-0.05, 0) is 25.0 Å². The van der Waals surface area contributed by atoms with Crippen LogP contribution in [0.4, 0.5) is 13.2 Å². The molecular weight excluding hydrogens is 449 g/mol. The molecule has 5 rings (SSSR count). The van der Waals surface area contributed by atoms with Crippen LogP contribution < -0.4 is 0 Å². The van der Waals surface area contributed by atoms with Gasteiger partial charge in [-0.3, -0.25) is 9.20 Å². The minimum absolute atomic E-state index is 0.154.